The molecule has 1 amide bonds. The van der Waals surface area contributed by atoms with Crippen LogP contribution in [0.25, 0.3) is 0 Å². The Morgan fingerprint density at radius 2 is 1.91 bits per heavy atom. The summed E-state index contributed by atoms with van der Waals surface area (Å²) >= 11 is 9.79. The fraction of sp³-hybridized carbons (Fsp3) is 0.409. The molecule has 182 valence electrons. The summed E-state index contributed by atoms with van der Waals surface area (Å²) in [6.07, 6.45) is -4.86. The summed E-state index contributed by atoms with van der Waals surface area (Å²) in [6, 6.07) is 4.44. The maximum atomic E-state index is 14.0. The molecule has 2 atom stereocenters. The van der Waals surface area contributed by atoms with Crippen molar-refractivity contribution in [3.63, 3.8) is 0 Å². The summed E-state index contributed by atoms with van der Waals surface area (Å²) in [5, 5.41) is 11.3. The highest BCUT2D eigenvalue weighted by molar-refractivity contribution is 9.10. The number of nitrogens with one attached hydrogen (secondary N) is 1. The zero-order valence-electron chi connectivity index (χ0n) is 18.9. The predicted molar refractivity (Wildman–Crippen MR) is 126 cm³/mol. The molecule has 2 aromatic heterocycles. The molecule has 0 radical (unpaired) electrons. The molecule has 0 fully saturated rings. The smallest absolute Gasteiger partial charge is 0.362 e. The largest absolute Gasteiger partial charge is 0.410 e. The summed E-state index contributed by atoms with van der Waals surface area (Å²) < 4.78 is 45.3. The minimum Gasteiger partial charge on any atom is -0.362 e. The van der Waals surface area contributed by atoms with Crippen LogP contribution < -0.4 is 5.32 Å². The Hall–Kier alpha value is -2.53. The van der Waals surface area contributed by atoms with Gasteiger partial charge in [0, 0.05) is 42.8 Å². The normalized spacial score (nSPS) is 17.9. The van der Waals surface area contributed by atoms with Crippen LogP contribution in [0.1, 0.15) is 51.5 Å². The molecule has 0 saturated heterocycles. The lowest BCUT2D eigenvalue weighted by Crippen LogP contribution is -2.36. The number of nitrogens with zero attached hydrogens (tertiary/aromatic N) is 5. The molecule has 12 heteroatoms. The fourth-order valence-electron chi connectivity index (χ4n) is 4.18. The number of fused-ring (bicyclic) bond motifs is 1. The predicted octanol–water partition coefficient (Wildman–Crippen LogP) is 5.58. The van der Waals surface area contributed by atoms with Gasteiger partial charge in [0.25, 0.3) is 5.91 Å². The Labute approximate surface area is 208 Å². The van der Waals surface area contributed by atoms with Crippen molar-refractivity contribution in [2.24, 2.45) is 7.05 Å². The number of hydrogen-bond donors (Lipinski definition) is 1. The highest BCUT2D eigenvalue weighted by Crippen LogP contribution is 2.46. The van der Waals surface area contributed by atoms with Crippen molar-refractivity contribution in [1.82, 2.24) is 24.5 Å². The number of aryl methyl sites for hydroxylation is 2. The van der Waals surface area contributed by atoms with Crippen LogP contribution in [0, 0.1) is 13.8 Å². The van der Waals surface area contributed by atoms with Crippen LogP contribution in [0.2, 0.25) is 5.02 Å². The molecule has 0 aliphatic carbocycles. The van der Waals surface area contributed by atoms with Crippen LogP contribution in [0.15, 0.2) is 28.7 Å². The molecule has 0 bridgehead atoms. The molecular formula is C22H23BrClF3N6O. The van der Waals surface area contributed by atoms with Crippen molar-refractivity contribution >= 4 is 39.3 Å². The second kappa shape index (κ2) is 8.92. The van der Waals surface area contributed by atoms with Crippen molar-refractivity contribution < 1.29 is 18.0 Å². The fourth-order valence-corrected chi connectivity index (χ4v) is 4.70. The van der Waals surface area contributed by atoms with Crippen molar-refractivity contribution in [2.45, 2.75) is 45.1 Å². The van der Waals surface area contributed by atoms with E-state index < -0.39 is 24.2 Å². The quantitative estimate of drug-likeness (QED) is 0.453. The van der Waals surface area contributed by atoms with Crippen LogP contribution in [0.4, 0.5) is 19.0 Å². The summed E-state index contributed by atoms with van der Waals surface area (Å²) in [5.41, 5.74) is 2.97. The third kappa shape index (κ3) is 4.43. The molecule has 0 spiro atoms. The molecule has 1 aliphatic rings. The minimum absolute atomic E-state index is 0.0198. The number of amides is 1. The van der Waals surface area contributed by atoms with Gasteiger partial charge in [-0.1, -0.05) is 39.7 Å². The topological polar surface area (TPSA) is 68.0 Å². The number of carbonyl (C=O) groups is 1. The van der Waals surface area contributed by atoms with Gasteiger partial charge in [0.05, 0.1) is 11.7 Å². The molecule has 7 nitrogen and oxygen atoms in total. The SMILES string of the molecule is Cc1nn(C)c(C)c1CN(C)C(=O)c1nn2c(c1Cl)N[C@H](c1ccc(Br)cc1)C[C@H]2C(F)(F)F. The first-order valence-electron chi connectivity index (χ1n) is 10.5. The number of benzene rings is 1. The zero-order chi connectivity index (χ0) is 24.9. The Bertz CT molecular complexity index is 1240. The van der Waals surface area contributed by atoms with Crippen molar-refractivity contribution in [1.29, 1.82) is 0 Å². The van der Waals surface area contributed by atoms with Crippen molar-refractivity contribution in [2.75, 3.05) is 12.4 Å². The Balaban J connectivity index is 1.68. The number of aromatic nitrogens is 4. The first-order valence-corrected chi connectivity index (χ1v) is 11.7. The monoisotopic (exact) mass is 558 g/mol. The number of hydrogen-bond acceptors (Lipinski definition) is 4. The average Bonchev–Trinajstić information content (AvgIpc) is 3.23. The Morgan fingerprint density at radius 3 is 2.47 bits per heavy atom. The van der Waals surface area contributed by atoms with Gasteiger partial charge >= 0.3 is 6.18 Å². The van der Waals surface area contributed by atoms with Crippen molar-refractivity contribution in [3.05, 3.63) is 62.0 Å². The molecule has 1 N–H and O–H groups in total. The van der Waals surface area contributed by atoms with E-state index in [0.29, 0.717) is 5.56 Å². The first kappa shape index (κ1) is 24.6. The molecule has 1 aliphatic heterocycles. The maximum Gasteiger partial charge on any atom is 0.410 e. The van der Waals surface area contributed by atoms with Gasteiger partial charge in [-0.25, -0.2) is 4.68 Å². The summed E-state index contributed by atoms with van der Waals surface area (Å²) in [6.45, 7) is 3.94. The Kier molecular flexibility index (Phi) is 6.45. The third-order valence-electron chi connectivity index (χ3n) is 6.17. The van der Waals surface area contributed by atoms with Gasteiger partial charge in [-0.05, 0) is 31.5 Å². The van der Waals surface area contributed by atoms with E-state index in [-0.39, 0.29) is 29.5 Å². The number of alkyl halides is 3. The van der Waals surface area contributed by atoms with Gasteiger partial charge in [-0.2, -0.15) is 23.4 Å². The highest BCUT2D eigenvalue weighted by Gasteiger charge is 2.48. The van der Waals surface area contributed by atoms with Gasteiger partial charge in [0.1, 0.15) is 10.8 Å². The Morgan fingerprint density at radius 1 is 1.26 bits per heavy atom. The van der Waals surface area contributed by atoms with Gasteiger partial charge in [0.15, 0.2) is 11.7 Å². The van der Waals surface area contributed by atoms with E-state index >= 15 is 0 Å². The highest BCUT2D eigenvalue weighted by atomic mass is 79.9. The zero-order valence-corrected chi connectivity index (χ0v) is 21.3. The third-order valence-corrected chi connectivity index (χ3v) is 7.06. The number of halogens is 5. The van der Waals surface area contributed by atoms with Gasteiger partial charge < -0.3 is 10.2 Å². The first-order chi connectivity index (χ1) is 15.9. The summed E-state index contributed by atoms with van der Waals surface area (Å²) in [7, 11) is 3.36. The van der Waals surface area contributed by atoms with Crippen LogP contribution in [-0.2, 0) is 13.6 Å². The van der Waals surface area contributed by atoms with E-state index in [1.54, 1.807) is 43.0 Å². The van der Waals surface area contributed by atoms with Crippen LogP contribution in [0.3, 0.4) is 0 Å². The maximum absolute atomic E-state index is 14.0. The molecule has 3 aromatic rings. The number of rotatable bonds is 4. The number of carbonyl (C=O) groups excluding carboxylic acids is 1. The van der Waals surface area contributed by atoms with E-state index in [4.69, 9.17) is 11.6 Å². The van der Waals surface area contributed by atoms with Gasteiger partial charge in [0.2, 0.25) is 0 Å². The van der Waals surface area contributed by atoms with Crippen LogP contribution in [0.5, 0.6) is 0 Å². The molecule has 0 unspecified atom stereocenters. The minimum atomic E-state index is -4.57. The van der Waals surface area contributed by atoms with E-state index in [2.05, 4.69) is 31.4 Å². The standard InChI is InChI=1S/C22H23BrClF3N6O/c1-11-15(12(2)32(4)29-11)10-31(3)21(34)19-18(24)20-28-16(13-5-7-14(23)8-6-13)9-17(22(25,26)27)33(20)30-19/h5-8,16-17,28H,9-10H2,1-4H3/t16-,17-/m0/s1. The van der Waals surface area contributed by atoms with Crippen LogP contribution >= 0.6 is 27.5 Å². The molecular weight excluding hydrogens is 537 g/mol. The molecule has 4 rings (SSSR count). The lowest BCUT2D eigenvalue weighted by atomic mass is 9.97. The molecule has 0 saturated carbocycles. The summed E-state index contributed by atoms with van der Waals surface area (Å²) in [4.78, 5) is 14.6. The lowest BCUT2D eigenvalue weighted by molar-refractivity contribution is -0.173. The second-order valence-corrected chi connectivity index (χ2v) is 9.73. The van der Waals surface area contributed by atoms with E-state index in [9.17, 15) is 18.0 Å². The average molecular weight is 560 g/mol. The lowest BCUT2D eigenvalue weighted by Gasteiger charge is -2.33. The number of anilines is 1. The van der Waals surface area contributed by atoms with Crippen LogP contribution in [-0.4, -0.2) is 43.6 Å². The molecule has 34 heavy (non-hydrogen) atoms. The summed E-state index contributed by atoms with van der Waals surface area (Å²) in [5.74, 6) is -0.592. The van der Waals surface area contributed by atoms with E-state index in [1.807, 2.05) is 13.8 Å². The van der Waals surface area contributed by atoms with Crippen molar-refractivity contribution in [3.8, 4) is 0 Å². The molecule has 1 aromatic carbocycles. The van der Waals surface area contributed by atoms with Gasteiger partial charge in [-0.15, -0.1) is 0 Å². The second-order valence-electron chi connectivity index (χ2n) is 8.43. The molecule has 3 heterocycles. The van der Waals surface area contributed by atoms with Gasteiger partial charge in [-0.3, -0.25) is 9.48 Å². The van der Waals surface area contributed by atoms with E-state index in [0.717, 1.165) is 26.1 Å². The van der Waals surface area contributed by atoms with E-state index in [1.165, 1.54) is 4.90 Å².